The lowest BCUT2D eigenvalue weighted by Crippen LogP contribution is -2.19. The predicted molar refractivity (Wildman–Crippen MR) is 130 cm³/mol. The number of hydrogen-bond acceptors (Lipinski definition) is 5. The Morgan fingerprint density at radius 1 is 0.882 bits per heavy atom. The minimum absolute atomic E-state index is 0.313. The zero-order chi connectivity index (χ0) is 24.9. The molecule has 0 spiro atoms. The van der Waals surface area contributed by atoms with Crippen LogP contribution in [0.5, 0.6) is 0 Å². The second-order valence-corrected chi connectivity index (χ2v) is 8.30. The number of pyridine rings is 1. The highest BCUT2D eigenvalue weighted by atomic mass is 16.2. The van der Waals surface area contributed by atoms with Crippen LogP contribution in [0.15, 0.2) is 60.9 Å². The van der Waals surface area contributed by atoms with Crippen LogP contribution in [-0.2, 0) is 5.41 Å². The van der Waals surface area contributed by atoms with Crippen LogP contribution in [0.2, 0.25) is 0 Å². The smallest absolute Gasteiger partial charge is 0.256 e. The Balaban J connectivity index is 1.80. The number of carbonyl (C=O) groups is 3. The molecule has 3 aromatic rings. The van der Waals surface area contributed by atoms with E-state index in [0.29, 0.717) is 33.6 Å². The van der Waals surface area contributed by atoms with Gasteiger partial charge in [0.1, 0.15) is 0 Å². The van der Waals surface area contributed by atoms with Crippen LogP contribution in [0, 0.1) is 18.3 Å². The summed E-state index contributed by atoms with van der Waals surface area (Å²) in [5, 5.41) is 17.4. The molecule has 0 atom stereocenters. The molecule has 1 heterocycles. The van der Waals surface area contributed by atoms with E-state index in [9.17, 15) is 19.6 Å². The predicted octanol–water partition coefficient (Wildman–Crippen LogP) is 4.06. The van der Waals surface area contributed by atoms with Crippen molar-refractivity contribution in [2.45, 2.75) is 26.2 Å². The van der Waals surface area contributed by atoms with Crippen LogP contribution < -0.4 is 16.0 Å². The number of hydrogen-bond donors (Lipinski definition) is 3. The molecule has 2 aromatic carbocycles. The minimum atomic E-state index is -0.727. The maximum absolute atomic E-state index is 12.9. The quantitative estimate of drug-likeness (QED) is 0.517. The number of nitrogens with zero attached hydrogens (tertiary/aromatic N) is 2. The van der Waals surface area contributed by atoms with E-state index in [1.165, 1.54) is 25.5 Å². The highest BCUT2D eigenvalue weighted by Crippen LogP contribution is 2.24. The van der Waals surface area contributed by atoms with Gasteiger partial charge < -0.3 is 16.0 Å². The Kier molecular flexibility index (Phi) is 7.07. The van der Waals surface area contributed by atoms with Gasteiger partial charge in [-0.25, -0.2) is 0 Å². The van der Waals surface area contributed by atoms with E-state index < -0.39 is 11.3 Å². The van der Waals surface area contributed by atoms with E-state index in [1.807, 2.05) is 6.07 Å². The monoisotopic (exact) mass is 455 g/mol. The van der Waals surface area contributed by atoms with Gasteiger partial charge in [-0.3, -0.25) is 19.4 Å². The van der Waals surface area contributed by atoms with Crippen LogP contribution >= 0.6 is 0 Å². The van der Waals surface area contributed by atoms with Crippen molar-refractivity contribution >= 4 is 29.1 Å². The lowest BCUT2D eigenvalue weighted by atomic mass is 9.85. The van der Waals surface area contributed by atoms with Crippen molar-refractivity contribution in [3.05, 3.63) is 88.7 Å². The topological polar surface area (TPSA) is 124 Å². The van der Waals surface area contributed by atoms with Gasteiger partial charge in [-0.1, -0.05) is 18.2 Å². The second kappa shape index (κ2) is 9.96. The van der Waals surface area contributed by atoms with Crippen LogP contribution in [-0.4, -0.2) is 29.8 Å². The average Bonchev–Trinajstić information content (AvgIpc) is 2.84. The summed E-state index contributed by atoms with van der Waals surface area (Å²) >= 11 is 0. The van der Waals surface area contributed by atoms with E-state index >= 15 is 0 Å². The summed E-state index contributed by atoms with van der Waals surface area (Å²) in [6, 6.07) is 15.7. The van der Waals surface area contributed by atoms with Crippen molar-refractivity contribution in [3.63, 3.8) is 0 Å². The van der Waals surface area contributed by atoms with Gasteiger partial charge in [-0.2, -0.15) is 5.26 Å². The SMILES string of the molecule is CNC(=O)c1cncc(NC(=O)c2cc(NC(=O)c3cccc(C(C)(C)C#N)c3)ccc2C)c1. The summed E-state index contributed by atoms with van der Waals surface area (Å²) in [6.07, 6.45) is 2.85. The first-order chi connectivity index (χ1) is 16.1. The van der Waals surface area contributed by atoms with Crippen molar-refractivity contribution < 1.29 is 14.4 Å². The fraction of sp³-hybridized carbons (Fsp3) is 0.192. The number of nitriles is 1. The van der Waals surface area contributed by atoms with Crippen molar-refractivity contribution in [1.29, 1.82) is 5.26 Å². The van der Waals surface area contributed by atoms with Crippen LogP contribution in [0.25, 0.3) is 0 Å². The second-order valence-electron chi connectivity index (χ2n) is 8.30. The molecule has 3 rings (SSSR count). The summed E-state index contributed by atoms with van der Waals surface area (Å²) in [5.74, 6) is -1.07. The lowest BCUT2D eigenvalue weighted by Gasteiger charge is -2.16. The van der Waals surface area contributed by atoms with Crippen LogP contribution in [0.3, 0.4) is 0 Å². The lowest BCUT2D eigenvalue weighted by molar-refractivity contribution is 0.0960. The molecule has 0 aliphatic carbocycles. The molecule has 0 saturated carbocycles. The first-order valence-corrected chi connectivity index (χ1v) is 10.6. The highest BCUT2D eigenvalue weighted by molar-refractivity contribution is 6.08. The third-order valence-electron chi connectivity index (χ3n) is 5.35. The largest absolute Gasteiger partial charge is 0.355 e. The normalized spacial score (nSPS) is 10.7. The van der Waals surface area contributed by atoms with Gasteiger partial charge in [0, 0.05) is 30.1 Å². The zero-order valence-corrected chi connectivity index (χ0v) is 19.4. The number of aryl methyl sites for hydroxylation is 1. The maximum atomic E-state index is 12.9. The Hall–Kier alpha value is -4.51. The van der Waals surface area contributed by atoms with E-state index in [1.54, 1.807) is 57.2 Å². The number of carbonyl (C=O) groups excluding carboxylic acids is 3. The number of aromatic nitrogens is 1. The molecular weight excluding hydrogens is 430 g/mol. The number of rotatable bonds is 6. The van der Waals surface area contributed by atoms with Crippen LogP contribution in [0.1, 0.15) is 56.0 Å². The van der Waals surface area contributed by atoms with E-state index in [4.69, 9.17) is 0 Å². The summed E-state index contributed by atoms with van der Waals surface area (Å²) in [7, 11) is 1.51. The first-order valence-electron chi connectivity index (χ1n) is 10.6. The molecule has 34 heavy (non-hydrogen) atoms. The van der Waals surface area contributed by atoms with Crippen molar-refractivity contribution in [3.8, 4) is 6.07 Å². The van der Waals surface area contributed by atoms with E-state index in [0.717, 1.165) is 5.56 Å². The number of anilines is 2. The Morgan fingerprint density at radius 2 is 1.62 bits per heavy atom. The molecule has 0 radical (unpaired) electrons. The Labute approximate surface area is 198 Å². The molecule has 0 unspecified atom stereocenters. The average molecular weight is 456 g/mol. The third-order valence-corrected chi connectivity index (χ3v) is 5.35. The maximum Gasteiger partial charge on any atom is 0.256 e. The molecule has 0 saturated heterocycles. The number of nitrogens with one attached hydrogen (secondary N) is 3. The van der Waals surface area contributed by atoms with Gasteiger partial charge in [0.05, 0.1) is 28.9 Å². The Bertz CT molecular complexity index is 1310. The molecule has 1 aromatic heterocycles. The summed E-state index contributed by atoms with van der Waals surface area (Å²) in [5.41, 5.74) is 2.63. The molecule has 0 fully saturated rings. The number of amides is 3. The van der Waals surface area contributed by atoms with Crippen molar-refractivity contribution in [2.75, 3.05) is 17.7 Å². The zero-order valence-electron chi connectivity index (χ0n) is 19.4. The molecule has 3 N–H and O–H groups in total. The van der Waals surface area contributed by atoms with Gasteiger partial charge in [-0.15, -0.1) is 0 Å². The molecule has 3 amide bonds. The van der Waals surface area contributed by atoms with Crippen molar-refractivity contribution in [1.82, 2.24) is 10.3 Å². The summed E-state index contributed by atoms with van der Waals surface area (Å²) < 4.78 is 0. The van der Waals surface area contributed by atoms with Gasteiger partial charge >= 0.3 is 0 Å². The van der Waals surface area contributed by atoms with Gasteiger partial charge in [0.25, 0.3) is 17.7 Å². The molecule has 0 aliphatic rings. The molecule has 0 bridgehead atoms. The third kappa shape index (κ3) is 5.45. The minimum Gasteiger partial charge on any atom is -0.355 e. The Morgan fingerprint density at radius 3 is 2.32 bits per heavy atom. The summed E-state index contributed by atoms with van der Waals surface area (Å²) in [6.45, 7) is 5.36. The van der Waals surface area contributed by atoms with Crippen LogP contribution in [0.4, 0.5) is 11.4 Å². The fourth-order valence-electron chi connectivity index (χ4n) is 3.24. The van der Waals surface area contributed by atoms with Gasteiger partial charge in [0.2, 0.25) is 0 Å². The first kappa shape index (κ1) is 24.1. The van der Waals surface area contributed by atoms with Crippen molar-refractivity contribution in [2.24, 2.45) is 0 Å². The van der Waals surface area contributed by atoms with E-state index in [2.05, 4.69) is 27.0 Å². The molecule has 0 aliphatic heterocycles. The molecule has 172 valence electrons. The molecule has 8 nitrogen and oxygen atoms in total. The fourth-order valence-corrected chi connectivity index (χ4v) is 3.24. The van der Waals surface area contributed by atoms with Gasteiger partial charge in [-0.05, 0) is 62.2 Å². The highest BCUT2D eigenvalue weighted by Gasteiger charge is 2.21. The molecular formula is C26H25N5O3. The summed E-state index contributed by atoms with van der Waals surface area (Å²) in [4.78, 5) is 41.5. The van der Waals surface area contributed by atoms with E-state index in [-0.39, 0.29) is 11.8 Å². The van der Waals surface area contributed by atoms with Gasteiger partial charge in [0.15, 0.2) is 0 Å². The number of benzene rings is 2. The molecule has 8 heteroatoms. The standard InChI is InChI=1S/C26H25N5O3/c1-16-8-9-20(30-24(33)17-6-5-7-19(10-17)26(2,3)15-27)12-22(16)25(34)31-21-11-18(13-29-14-21)23(32)28-4/h5-14H,1-4H3,(H,28,32)(H,30,33)(H,31,34).